The Kier molecular flexibility index (Phi) is 4.86. The number of nitrogens with two attached hydrogens (primary N) is 1. The lowest BCUT2D eigenvalue weighted by atomic mass is 10.1. The number of para-hydroxylation sites is 2. The SMILES string of the molecule is COc1ccccc1NC(=O)c1sc2[nH+]c(C(F)(F)F)cc(-c3ccco3)c2c1N. The average Bonchev–Trinajstić information content (AvgIpc) is 3.35. The second-order valence-electron chi connectivity index (χ2n) is 6.28. The molecule has 3 heterocycles. The number of hydrogen-bond acceptors (Lipinski definition) is 5. The molecular formula is C20H15F3N3O3S+. The number of methoxy groups -OCH3 is 1. The molecule has 0 aliphatic carbocycles. The number of alkyl halides is 3. The van der Waals surface area contributed by atoms with Gasteiger partial charge in [0.2, 0.25) is 0 Å². The summed E-state index contributed by atoms with van der Waals surface area (Å²) in [4.78, 5) is 15.4. The highest BCUT2D eigenvalue weighted by atomic mass is 32.1. The quantitative estimate of drug-likeness (QED) is 0.481. The molecule has 1 aromatic carbocycles. The van der Waals surface area contributed by atoms with E-state index in [0.29, 0.717) is 11.4 Å². The van der Waals surface area contributed by atoms with Gasteiger partial charge in [-0.25, -0.2) is 0 Å². The predicted molar refractivity (Wildman–Crippen MR) is 106 cm³/mol. The van der Waals surface area contributed by atoms with E-state index in [1.54, 1.807) is 30.3 Å². The molecule has 0 unspecified atom stereocenters. The number of pyridine rings is 1. The Hall–Kier alpha value is -3.53. The summed E-state index contributed by atoms with van der Waals surface area (Å²) >= 11 is 0.831. The van der Waals surface area contributed by atoms with Crippen molar-refractivity contribution in [2.24, 2.45) is 0 Å². The first-order valence-electron chi connectivity index (χ1n) is 8.63. The Balaban J connectivity index is 1.85. The van der Waals surface area contributed by atoms with Crippen molar-refractivity contribution in [3.8, 4) is 17.1 Å². The third-order valence-electron chi connectivity index (χ3n) is 4.40. The maximum Gasteiger partial charge on any atom is 0.477 e. The van der Waals surface area contributed by atoms with E-state index in [1.165, 1.54) is 19.4 Å². The number of aromatic amines is 1. The standard InChI is InChI=1S/C20H14F3N3O3S/c1-28-13-6-3-2-5-11(13)25-18(27)17-16(24)15-10(12-7-4-8-29-12)9-14(20(21,22)23)26-19(15)30-17/h2-9H,24H2,1H3,(H,25,27)/p+1. The van der Waals surface area contributed by atoms with Gasteiger partial charge in [0.15, 0.2) is 0 Å². The molecule has 0 radical (unpaired) electrons. The van der Waals surface area contributed by atoms with E-state index < -0.39 is 17.8 Å². The number of nitrogen functional groups attached to an aromatic ring is 1. The third-order valence-corrected chi connectivity index (χ3v) is 5.52. The van der Waals surface area contributed by atoms with Crippen LogP contribution in [-0.2, 0) is 6.18 Å². The van der Waals surface area contributed by atoms with E-state index in [0.717, 1.165) is 17.4 Å². The van der Waals surface area contributed by atoms with Gasteiger partial charge >= 0.3 is 6.18 Å². The molecule has 0 saturated carbocycles. The molecule has 154 valence electrons. The largest absolute Gasteiger partial charge is 0.495 e. The van der Waals surface area contributed by atoms with Crippen molar-refractivity contribution in [3.05, 3.63) is 59.3 Å². The van der Waals surface area contributed by atoms with E-state index in [4.69, 9.17) is 14.9 Å². The van der Waals surface area contributed by atoms with E-state index in [-0.39, 0.29) is 32.1 Å². The monoisotopic (exact) mass is 434 g/mol. The normalized spacial score (nSPS) is 11.6. The Morgan fingerprint density at radius 1 is 1.23 bits per heavy atom. The van der Waals surface area contributed by atoms with Gasteiger partial charge in [0.05, 0.1) is 30.1 Å². The summed E-state index contributed by atoms with van der Waals surface area (Å²) in [6, 6.07) is 10.8. The van der Waals surface area contributed by atoms with Crippen molar-refractivity contribution < 1.29 is 32.1 Å². The molecule has 0 spiro atoms. The molecule has 0 atom stereocenters. The van der Waals surface area contributed by atoms with Crippen LogP contribution in [0.5, 0.6) is 5.75 Å². The molecule has 1 amide bonds. The molecule has 4 rings (SSSR count). The number of nitrogens with one attached hydrogen (secondary N) is 2. The molecule has 0 bridgehead atoms. The number of rotatable bonds is 4. The van der Waals surface area contributed by atoms with Crippen molar-refractivity contribution in [1.29, 1.82) is 0 Å². The number of halogens is 3. The van der Waals surface area contributed by atoms with E-state index >= 15 is 0 Å². The first kappa shape index (κ1) is 19.8. The number of furan rings is 1. The van der Waals surface area contributed by atoms with Crippen LogP contribution in [0.25, 0.3) is 21.5 Å². The lowest BCUT2D eigenvalue weighted by Gasteiger charge is -2.09. The number of carbonyl (C=O) groups excluding carboxylic acids is 1. The van der Waals surface area contributed by atoms with E-state index in [1.807, 2.05) is 0 Å². The molecule has 30 heavy (non-hydrogen) atoms. The fourth-order valence-corrected chi connectivity index (χ4v) is 4.09. The number of fused-ring (bicyclic) bond motifs is 1. The van der Waals surface area contributed by atoms with Crippen molar-refractivity contribution in [3.63, 3.8) is 0 Å². The van der Waals surface area contributed by atoms with Crippen LogP contribution in [0.1, 0.15) is 15.4 Å². The smallest absolute Gasteiger partial charge is 0.477 e. The van der Waals surface area contributed by atoms with Gasteiger partial charge in [-0.15, -0.1) is 0 Å². The van der Waals surface area contributed by atoms with E-state index in [2.05, 4.69) is 10.3 Å². The van der Waals surface area contributed by atoms with Gasteiger partial charge in [0, 0.05) is 11.6 Å². The molecular weight excluding hydrogens is 419 g/mol. The highest BCUT2D eigenvalue weighted by Crippen LogP contribution is 2.41. The van der Waals surface area contributed by atoms with Crippen molar-refractivity contribution in [2.45, 2.75) is 6.18 Å². The number of aromatic nitrogens is 1. The third kappa shape index (κ3) is 3.45. The minimum absolute atomic E-state index is 0.0544. The maximum atomic E-state index is 13.4. The fourth-order valence-electron chi connectivity index (χ4n) is 3.05. The zero-order valence-corrected chi connectivity index (χ0v) is 16.3. The lowest BCUT2D eigenvalue weighted by molar-refractivity contribution is -0.396. The van der Waals surface area contributed by atoms with Crippen LogP contribution >= 0.6 is 11.3 Å². The molecule has 4 aromatic rings. The lowest BCUT2D eigenvalue weighted by Crippen LogP contribution is -2.21. The Morgan fingerprint density at radius 2 is 2.00 bits per heavy atom. The van der Waals surface area contributed by atoms with Gasteiger partial charge in [-0.3, -0.25) is 4.79 Å². The zero-order chi connectivity index (χ0) is 21.5. The van der Waals surface area contributed by atoms with Gasteiger partial charge in [0.25, 0.3) is 16.4 Å². The van der Waals surface area contributed by atoms with Crippen LogP contribution in [0, 0.1) is 0 Å². The summed E-state index contributed by atoms with van der Waals surface area (Å²) in [6.07, 6.45) is -3.27. The second-order valence-corrected chi connectivity index (χ2v) is 7.30. The number of thiophene rings is 1. The van der Waals surface area contributed by atoms with Crippen molar-refractivity contribution in [2.75, 3.05) is 18.2 Å². The number of hydrogen-bond donors (Lipinski definition) is 2. The molecule has 0 fully saturated rings. The summed E-state index contributed by atoms with van der Waals surface area (Å²) in [6.45, 7) is 0. The van der Waals surface area contributed by atoms with Crippen LogP contribution in [0.4, 0.5) is 24.5 Å². The van der Waals surface area contributed by atoms with Crippen molar-refractivity contribution in [1.82, 2.24) is 0 Å². The number of anilines is 2. The molecule has 0 aliphatic heterocycles. The Bertz CT molecular complexity index is 1230. The summed E-state index contributed by atoms with van der Waals surface area (Å²) in [7, 11) is 1.46. The maximum absolute atomic E-state index is 13.4. The summed E-state index contributed by atoms with van der Waals surface area (Å²) in [5.41, 5.74) is 5.84. The number of benzene rings is 1. The van der Waals surface area contributed by atoms with Gasteiger partial charge in [-0.05, 0) is 24.3 Å². The fraction of sp³-hybridized carbons (Fsp3) is 0.100. The Morgan fingerprint density at radius 3 is 2.67 bits per heavy atom. The highest BCUT2D eigenvalue weighted by Gasteiger charge is 2.40. The minimum Gasteiger partial charge on any atom is -0.495 e. The summed E-state index contributed by atoms with van der Waals surface area (Å²) < 4.78 is 50.7. The Labute approximate surface area is 172 Å². The van der Waals surface area contributed by atoms with Crippen LogP contribution in [0.3, 0.4) is 0 Å². The van der Waals surface area contributed by atoms with E-state index in [9.17, 15) is 18.0 Å². The average molecular weight is 434 g/mol. The van der Waals surface area contributed by atoms with Gasteiger partial charge in [0.1, 0.15) is 16.4 Å². The number of amides is 1. The van der Waals surface area contributed by atoms with Gasteiger partial charge in [-0.2, -0.15) is 18.2 Å². The summed E-state index contributed by atoms with van der Waals surface area (Å²) in [5.74, 6) is 0.0824. The first-order valence-corrected chi connectivity index (χ1v) is 9.45. The van der Waals surface area contributed by atoms with Crippen LogP contribution in [0.15, 0.2) is 53.1 Å². The molecule has 6 nitrogen and oxygen atoms in total. The number of carbonyl (C=O) groups is 1. The molecule has 3 aromatic heterocycles. The minimum atomic E-state index is -4.62. The molecule has 0 saturated heterocycles. The summed E-state index contributed by atoms with van der Waals surface area (Å²) in [5, 5.41) is 2.97. The molecule has 4 N–H and O–H groups in total. The van der Waals surface area contributed by atoms with Crippen LogP contribution < -0.4 is 20.8 Å². The second kappa shape index (κ2) is 7.38. The topological polar surface area (TPSA) is 91.6 Å². The first-order chi connectivity index (χ1) is 14.3. The number of H-pyrrole nitrogens is 1. The van der Waals surface area contributed by atoms with Gasteiger partial charge in [-0.1, -0.05) is 23.5 Å². The van der Waals surface area contributed by atoms with Gasteiger partial charge < -0.3 is 20.2 Å². The highest BCUT2D eigenvalue weighted by molar-refractivity contribution is 7.21. The van der Waals surface area contributed by atoms with Crippen LogP contribution in [-0.4, -0.2) is 13.0 Å². The van der Waals surface area contributed by atoms with Crippen LogP contribution in [0.2, 0.25) is 0 Å². The van der Waals surface area contributed by atoms with Crippen molar-refractivity contribution >= 4 is 38.8 Å². The predicted octanol–water partition coefficient (Wildman–Crippen LogP) is 4.84. The molecule has 10 heteroatoms. The number of ether oxygens (including phenoxy) is 1. The zero-order valence-electron chi connectivity index (χ0n) is 15.5. The molecule has 0 aliphatic rings.